The molecule has 2 aromatic carbocycles. The van der Waals surface area contributed by atoms with Crippen molar-refractivity contribution in [3.63, 3.8) is 0 Å². The van der Waals surface area contributed by atoms with Crippen LogP contribution in [0.15, 0.2) is 41.5 Å². The van der Waals surface area contributed by atoms with Gasteiger partial charge in [-0.05, 0) is 38.0 Å². The van der Waals surface area contributed by atoms with Gasteiger partial charge in [0.1, 0.15) is 0 Å². The molecule has 0 heterocycles. The molecule has 0 saturated carbocycles. The Kier molecular flexibility index (Phi) is 5.84. The van der Waals surface area contributed by atoms with E-state index in [1.165, 1.54) is 18.2 Å². The lowest BCUT2D eigenvalue weighted by atomic mass is 10.0. The number of nitrogens with one attached hydrogen (secondary N) is 1. The molecule has 0 atom stereocenters. The van der Waals surface area contributed by atoms with Gasteiger partial charge >= 0.3 is 5.69 Å². The Labute approximate surface area is 145 Å². The molecule has 0 spiro atoms. The van der Waals surface area contributed by atoms with E-state index in [0.29, 0.717) is 0 Å². The van der Waals surface area contributed by atoms with Gasteiger partial charge in [-0.25, -0.2) is 5.43 Å². The van der Waals surface area contributed by atoms with Crippen LogP contribution in [-0.4, -0.2) is 23.7 Å². The van der Waals surface area contributed by atoms with Gasteiger partial charge in [-0.15, -0.1) is 0 Å². The molecule has 1 N–H and O–H groups in total. The second kappa shape index (κ2) is 8.05. The Morgan fingerprint density at radius 1 is 1.24 bits per heavy atom. The summed E-state index contributed by atoms with van der Waals surface area (Å²) in [5, 5.41) is 14.8. The van der Waals surface area contributed by atoms with E-state index in [2.05, 4.69) is 10.5 Å². The van der Waals surface area contributed by atoms with E-state index in [9.17, 15) is 14.9 Å². The van der Waals surface area contributed by atoms with Gasteiger partial charge in [0.05, 0.1) is 11.1 Å². The minimum absolute atomic E-state index is 0.0388. The predicted molar refractivity (Wildman–Crippen MR) is 95.0 cm³/mol. The molecule has 0 aliphatic rings. The first-order chi connectivity index (χ1) is 11.9. The highest BCUT2D eigenvalue weighted by Crippen LogP contribution is 2.25. The highest BCUT2D eigenvalue weighted by molar-refractivity contribution is 5.85. The first-order valence-corrected chi connectivity index (χ1v) is 7.64. The van der Waals surface area contributed by atoms with Gasteiger partial charge in [-0.2, -0.15) is 5.10 Å². The van der Waals surface area contributed by atoms with Crippen LogP contribution in [0.5, 0.6) is 5.75 Å². The van der Waals surface area contributed by atoms with Crippen LogP contribution >= 0.6 is 0 Å². The number of aryl methyl sites for hydroxylation is 3. The average molecular weight is 341 g/mol. The first-order valence-electron chi connectivity index (χ1n) is 7.64. The van der Waals surface area contributed by atoms with E-state index >= 15 is 0 Å². The number of benzene rings is 2. The topological polar surface area (TPSA) is 93.8 Å². The molecule has 7 nitrogen and oxygen atoms in total. The van der Waals surface area contributed by atoms with E-state index in [1.54, 1.807) is 12.3 Å². The number of rotatable bonds is 6. The Morgan fingerprint density at radius 2 is 1.88 bits per heavy atom. The van der Waals surface area contributed by atoms with Crippen LogP contribution in [0.3, 0.4) is 0 Å². The van der Waals surface area contributed by atoms with Crippen LogP contribution in [0.2, 0.25) is 0 Å². The molecule has 0 saturated heterocycles. The molecule has 130 valence electrons. The van der Waals surface area contributed by atoms with Crippen LogP contribution in [0, 0.1) is 30.9 Å². The molecule has 7 heteroatoms. The fraction of sp³-hybridized carbons (Fsp3) is 0.222. The summed E-state index contributed by atoms with van der Waals surface area (Å²) in [5.74, 6) is -0.464. The molecule has 25 heavy (non-hydrogen) atoms. The molecule has 1 amide bonds. The number of nitrogens with zero attached hydrogens (tertiary/aromatic N) is 2. The van der Waals surface area contributed by atoms with E-state index in [4.69, 9.17) is 4.74 Å². The Hall–Kier alpha value is -3.22. The molecule has 2 rings (SSSR count). The van der Waals surface area contributed by atoms with Gasteiger partial charge in [0.15, 0.2) is 12.4 Å². The van der Waals surface area contributed by atoms with E-state index in [0.717, 1.165) is 22.3 Å². The minimum Gasteiger partial charge on any atom is -0.477 e. The fourth-order valence-electron chi connectivity index (χ4n) is 2.47. The lowest BCUT2D eigenvalue weighted by molar-refractivity contribution is -0.385. The molecule has 0 fully saturated rings. The molecule has 2 aromatic rings. The zero-order chi connectivity index (χ0) is 18.4. The summed E-state index contributed by atoms with van der Waals surface area (Å²) in [6.07, 6.45) is 1.58. The van der Waals surface area contributed by atoms with Crippen LogP contribution in [0.4, 0.5) is 5.69 Å². The van der Waals surface area contributed by atoms with Crippen molar-refractivity contribution in [1.29, 1.82) is 0 Å². The number of ether oxygens (including phenoxy) is 1. The van der Waals surface area contributed by atoms with Crippen LogP contribution in [0.25, 0.3) is 0 Å². The number of para-hydroxylation sites is 2. The molecule has 0 aromatic heterocycles. The van der Waals surface area contributed by atoms with Crippen molar-refractivity contribution in [2.45, 2.75) is 20.8 Å². The van der Waals surface area contributed by atoms with Crippen LogP contribution < -0.4 is 10.2 Å². The summed E-state index contributed by atoms with van der Waals surface area (Å²) in [7, 11) is 0. The van der Waals surface area contributed by atoms with Crippen molar-refractivity contribution in [1.82, 2.24) is 5.43 Å². The summed E-state index contributed by atoms with van der Waals surface area (Å²) in [6.45, 7) is 5.60. The maximum Gasteiger partial charge on any atom is 0.310 e. The highest BCUT2D eigenvalue weighted by atomic mass is 16.6. The SMILES string of the molecule is Cc1cc(C)c(/C=N/NC(=O)COc2ccccc2[N+](=O)[O-])c(C)c1. The zero-order valence-electron chi connectivity index (χ0n) is 14.3. The van der Waals surface area contributed by atoms with Crippen molar-refractivity contribution >= 4 is 17.8 Å². The Bertz CT molecular complexity index is 808. The molecule has 0 aliphatic heterocycles. The third-order valence-corrected chi connectivity index (χ3v) is 3.54. The second-order valence-corrected chi connectivity index (χ2v) is 5.62. The number of carbonyl (C=O) groups is 1. The summed E-state index contributed by atoms with van der Waals surface area (Å²) in [4.78, 5) is 22.1. The third kappa shape index (κ3) is 4.87. The largest absolute Gasteiger partial charge is 0.477 e. The first kappa shape index (κ1) is 18.1. The van der Waals surface area contributed by atoms with Crippen molar-refractivity contribution in [2.24, 2.45) is 5.10 Å². The van der Waals surface area contributed by atoms with Gasteiger partial charge in [0.2, 0.25) is 0 Å². The minimum atomic E-state index is -0.561. The number of hydrogen-bond donors (Lipinski definition) is 1. The number of carbonyl (C=O) groups excluding carboxylic acids is 1. The molecular weight excluding hydrogens is 322 g/mol. The molecule has 0 unspecified atom stereocenters. The molecule has 0 radical (unpaired) electrons. The summed E-state index contributed by atoms with van der Waals surface area (Å²) in [6, 6.07) is 9.95. The van der Waals surface area contributed by atoms with Gasteiger partial charge in [0, 0.05) is 11.6 Å². The highest BCUT2D eigenvalue weighted by Gasteiger charge is 2.14. The van der Waals surface area contributed by atoms with E-state index in [1.807, 2.05) is 32.9 Å². The molecule has 0 bridgehead atoms. The maximum atomic E-state index is 11.8. The standard InChI is InChI=1S/C18H19N3O4/c1-12-8-13(2)15(14(3)9-12)10-19-20-18(22)11-25-17-7-5-4-6-16(17)21(23)24/h4-10H,11H2,1-3H3,(H,20,22)/b19-10+. The zero-order valence-corrected chi connectivity index (χ0v) is 14.3. The Balaban J connectivity index is 1.95. The normalized spacial score (nSPS) is 10.7. The average Bonchev–Trinajstić information content (AvgIpc) is 2.55. The Morgan fingerprint density at radius 3 is 2.52 bits per heavy atom. The van der Waals surface area contributed by atoms with Gasteiger partial charge in [-0.3, -0.25) is 14.9 Å². The van der Waals surface area contributed by atoms with E-state index < -0.39 is 10.8 Å². The number of nitro groups is 1. The number of hydrogen-bond acceptors (Lipinski definition) is 5. The predicted octanol–water partition coefficient (Wildman–Crippen LogP) is 3.05. The van der Waals surface area contributed by atoms with Gasteiger partial charge in [-0.1, -0.05) is 29.8 Å². The number of nitro benzene ring substituents is 1. The summed E-state index contributed by atoms with van der Waals surface area (Å²) in [5.41, 5.74) is 6.38. The van der Waals surface area contributed by atoms with E-state index in [-0.39, 0.29) is 18.0 Å². The lowest BCUT2D eigenvalue weighted by Gasteiger charge is -2.07. The number of hydrazone groups is 1. The smallest absolute Gasteiger partial charge is 0.310 e. The van der Waals surface area contributed by atoms with Crippen molar-refractivity contribution < 1.29 is 14.5 Å². The fourth-order valence-corrected chi connectivity index (χ4v) is 2.47. The van der Waals surface area contributed by atoms with Crippen molar-refractivity contribution in [3.05, 3.63) is 68.8 Å². The maximum absolute atomic E-state index is 11.8. The number of amides is 1. The van der Waals surface area contributed by atoms with Gasteiger partial charge < -0.3 is 4.74 Å². The van der Waals surface area contributed by atoms with Crippen LogP contribution in [-0.2, 0) is 4.79 Å². The second-order valence-electron chi connectivity index (χ2n) is 5.62. The molecule has 0 aliphatic carbocycles. The third-order valence-electron chi connectivity index (χ3n) is 3.54. The van der Waals surface area contributed by atoms with Crippen molar-refractivity contribution in [2.75, 3.05) is 6.61 Å². The monoisotopic (exact) mass is 341 g/mol. The summed E-state index contributed by atoms with van der Waals surface area (Å²) < 4.78 is 5.20. The van der Waals surface area contributed by atoms with Crippen molar-refractivity contribution in [3.8, 4) is 5.75 Å². The molecular formula is C18H19N3O4. The summed E-state index contributed by atoms with van der Waals surface area (Å²) >= 11 is 0. The lowest BCUT2D eigenvalue weighted by Crippen LogP contribution is -2.24. The van der Waals surface area contributed by atoms with Crippen LogP contribution in [0.1, 0.15) is 22.3 Å². The van der Waals surface area contributed by atoms with Gasteiger partial charge in [0.25, 0.3) is 5.91 Å². The quantitative estimate of drug-likeness (QED) is 0.496.